The summed E-state index contributed by atoms with van der Waals surface area (Å²) in [6.07, 6.45) is 2.42. The van der Waals surface area contributed by atoms with Crippen LogP contribution >= 0.6 is 24.0 Å². The Morgan fingerprint density at radius 2 is 1.97 bits per heavy atom. The predicted octanol–water partition coefficient (Wildman–Crippen LogP) is 2.98. The number of likely N-dealkylation sites (tertiary alicyclic amines) is 1. The van der Waals surface area contributed by atoms with Crippen molar-refractivity contribution >= 4 is 41.5 Å². The lowest BCUT2D eigenvalue weighted by Gasteiger charge is -2.20. The molecule has 0 bridgehead atoms. The van der Waals surface area contributed by atoms with E-state index in [2.05, 4.69) is 15.5 Å². The van der Waals surface area contributed by atoms with Crippen LogP contribution in [0.25, 0.3) is 0 Å². The molecule has 2 heterocycles. The van der Waals surface area contributed by atoms with Gasteiger partial charge in [0.05, 0.1) is 0 Å². The Bertz CT molecular complexity index is 748. The van der Waals surface area contributed by atoms with Gasteiger partial charge in [-0.2, -0.15) is 0 Å². The zero-order chi connectivity index (χ0) is 20.8. The first-order valence-corrected chi connectivity index (χ1v) is 10.5. The average molecular weight is 535 g/mol. The highest BCUT2D eigenvalue weighted by atomic mass is 127. The molecule has 6 nitrogen and oxygen atoms in total. The lowest BCUT2D eigenvalue weighted by molar-refractivity contribution is -0.129. The van der Waals surface area contributed by atoms with Crippen LogP contribution in [-0.4, -0.2) is 62.1 Å². The number of carbonyl (C=O) groups excluding carboxylic acids is 1. The minimum atomic E-state index is -0.818. The van der Waals surface area contributed by atoms with Gasteiger partial charge in [0, 0.05) is 63.5 Å². The third-order valence-electron chi connectivity index (χ3n) is 5.59. The summed E-state index contributed by atoms with van der Waals surface area (Å²) in [4.78, 5) is 20.6. The van der Waals surface area contributed by atoms with Crippen molar-refractivity contribution < 1.29 is 13.6 Å². The Morgan fingerprint density at radius 3 is 2.67 bits per heavy atom. The third kappa shape index (κ3) is 6.42. The van der Waals surface area contributed by atoms with E-state index in [-0.39, 0.29) is 35.9 Å². The molecule has 0 aliphatic carbocycles. The number of rotatable bonds is 6. The van der Waals surface area contributed by atoms with E-state index in [0.717, 1.165) is 45.0 Å². The maximum atomic E-state index is 13.5. The summed E-state index contributed by atoms with van der Waals surface area (Å²) in [5.74, 6) is -0.300. The van der Waals surface area contributed by atoms with Crippen LogP contribution in [0.3, 0.4) is 0 Å². The van der Waals surface area contributed by atoms with E-state index in [0.29, 0.717) is 31.1 Å². The Balaban J connectivity index is 0.00000320. The molecule has 9 heteroatoms. The second-order valence-electron chi connectivity index (χ2n) is 7.74. The highest BCUT2D eigenvalue weighted by molar-refractivity contribution is 14.0. The van der Waals surface area contributed by atoms with Crippen LogP contribution in [-0.2, 0) is 4.79 Å². The summed E-state index contributed by atoms with van der Waals surface area (Å²) >= 11 is 0. The molecule has 1 amide bonds. The minimum Gasteiger partial charge on any atom is -0.371 e. The third-order valence-corrected chi connectivity index (χ3v) is 5.59. The lowest BCUT2D eigenvalue weighted by atomic mass is 10.1. The topological polar surface area (TPSA) is 60.0 Å². The Hall–Kier alpha value is -1.65. The van der Waals surface area contributed by atoms with E-state index in [1.165, 1.54) is 12.1 Å². The van der Waals surface area contributed by atoms with Crippen LogP contribution in [0.2, 0.25) is 0 Å². The summed E-state index contributed by atoms with van der Waals surface area (Å²) in [5.41, 5.74) is 0.715. The number of nitrogens with one attached hydrogen (secondary N) is 2. The van der Waals surface area contributed by atoms with Gasteiger partial charge in [0.25, 0.3) is 0 Å². The van der Waals surface area contributed by atoms with Gasteiger partial charge in [-0.05, 0) is 37.8 Å². The number of nitrogens with zero attached hydrogens (tertiary/aromatic N) is 3. The standard InChI is InChI=1S/C21H31F2N5O.HI/c1-3-20(29)28-10-8-16(14-28)26-21(24-4-2)25-12-15-7-9-27(13-15)17-5-6-18(22)19(23)11-17;/h5-6,11,15-16H,3-4,7-10,12-14H2,1-2H3,(H2,24,25,26);1H. The van der Waals surface area contributed by atoms with E-state index >= 15 is 0 Å². The minimum absolute atomic E-state index is 0. The molecule has 0 spiro atoms. The summed E-state index contributed by atoms with van der Waals surface area (Å²) < 4.78 is 26.7. The molecule has 2 atom stereocenters. The number of hydrogen-bond acceptors (Lipinski definition) is 3. The Labute approximate surface area is 194 Å². The molecule has 168 valence electrons. The van der Waals surface area contributed by atoms with E-state index in [4.69, 9.17) is 4.99 Å². The Kier molecular flexibility index (Phi) is 9.57. The van der Waals surface area contributed by atoms with Crippen molar-refractivity contribution in [2.75, 3.05) is 44.2 Å². The first-order chi connectivity index (χ1) is 14.0. The molecule has 2 fully saturated rings. The molecule has 0 radical (unpaired) electrons. The number of carbonyl (C=O) groups is 1. The van der Waals surface area contributed by atoms with Crippen LogP contribution in [0.5, 0.6) is 0 Å². The summed E-state index contributed by atoms with van der Waals surface area (Å²) in [5, 5.41) is 6.73. The van der Waals surface area contributed by atoms with Crippen molar-refractivity contribution in [1.82, 2.24) is 15.5 Å². The summed E-state index contributed by atoms with van der Waals surface area (Å²) in [7, 11) is 0. The molecular formula is C21H32F2IN5O. The summed E-state index contributed by atoms with van der Waals surface area (Å²) in [6.45, 7) is 8.43. The highest BCUT2D eigenvalue weighted by Gasteiger charge is 2.26. The van der Waals surface area contributed by atoms with Crippen LogP contribution in [0, 0.1) is 17.6 Å². The quantitative estimate of drug-likeness (QED) is 0.334. The smallest absolute Gasteiger partial charge is 0.222 e. The van der Waals surface area contributed by atoms with Gasteiger partial charge in [-0.25, -0.2) is 8.78 Å². The summed E-state index contributed by atoms with van der Waals surface area (Å²) in [6, 6.07) is 4.28. The van der Waals surface area contributed by atoms with E-state index < -0.39 is 11.6 Å². The maximum Gasteiger partial charge on any atom is 0.222 e. The van der Waals surface area contributed by atoms with E-state index in [1.807, 2.05) is 18.7 Å². The van der Waals surface area contributed by atoms with Gasteiger partial charge in [-0.15, -0.1) is 24.0 Å². The predicted molar refractivity (Wildman–Crippen MR) is 126 cm³/mol. The van der Waals surface area contributed by atoms with Crippen molar-refractivity contribution in [3.05, 3.63) is 29.8 Å². The van der Waals surface area contributed by atoms with Crippen molar-refractivity contribution in [3.8, 4) is 0 Å². The molecule has 1 aromatic carbocycles. The first-order valence-electron chi connectivity index (χ1n) is 10.5. The number of halogens is 3. The van der Waals surface area contributed by atoms with Crippen molar-refractivity contribution in [2.24, 2.45) is 10.9 Å². The van der Waals surface area contributed by atoms with Crippen molar-refractivity contribution in [2.45, 2.75) is 39.2 Å². The van der Waals surface area contributed by atoms with Gasteiger partial charge in [0.2, 0.25) is 5.91 Å². The molecular weight excluding hydrogens is 503 g/mol. The van der Waals surface area contributed by atoms with Gasteiger partial charge >= 0.3 is 0 Å². The zero-order valence-electron chi connectivity index (χ0n) is 17.7. The number of guanidine groups is 1. The second-order valence-corrected chi connectivity index (χ2v) is 7.74. The van der Waals surface area contributed by atoms with Gasteiger partial charge < -0.3 is 20.4 Å². The number of anilines is 1. The molecule has 3 rings (SSSR count). The fourth-order valence-electron chi connectivity index (χ4n) is 3.96. The van der Waals surface area contributed by atoms with Crippen LogP contribution in [0.1, 0.15) is 33.1 Å². The normalized spacial score (nSPS) is 21.5. The van der Waals surface area contributed by atoms with Crippen LogP contribution in [0.15, 0.2) is 23.2 Å². The monoisotopic (exact) mass is 535 g/mol. The zero-order valence-corrected chi connectivity index (χ0v) is 20.0. The number of hydrogen-bond donors (Lipinski definition) is 2. The Morgan fingerprint density at radius 1 is 1.17 bits per heavy atom. The van der Waals surface area contributed by atoms with Gasteiger partial charge in [0.15, 0.2) is 17.6 Å². The number of aliphatic imine (C=N–C) groups is 1. The number of amides is 1. The fraction of sp³-hybridized carbons (Fsp3) is 0.619. The average Bonchev–Trinajstić information content (AvgIpc) is 3.37. The molecule has 0 saturated carbocycles. The number of benzene rings is 1. The molecule has 0 aromatic heterocycles. The maximum absolute atomic E-state index is 13.5. The van der Waals surface area contributed by atoms with E-state index in [9.17, 15) is 13.6 Å². The second kappa shape index (κ2) is 11.7. The SMILES string of the molecule is CCNC(=NCC1CCN(c2ccc(F)c(F)c2)C1)NC1CCN(C(=O)CC)C1.I. The molecule has 2 unspecified atom stereocenters. The molecule has 2 N–H and O–H groups in total. The highest BCUT2D eigenvalue weighted by Crippen LogP contribution is 2.25. The molecule has 2 aliphatic heterocycles. The molecule has 1 aromatic rings. The van der Waals surface area contributed by atoms with Crippen molar-refractivity contribution in [1.29, 1.82) is 0 Å². The van der Waals surface area contributed by atoms with Crippen LogP contribution < -0.4 is 15.5 Å². The van der Waals surface area contributed by atoms with E-state index in [1.54, 1.807) is 6.07 Å². The first kappa shape index (κ1) is 24.6. The fourth-order valence-corrected chi connectivity index (χ4v) is 3.96. The van der Waals surface area contributed by atoms with Crippen molar-refractivity contribution in [3.63, 3.8) is 0 Å². The molecule has 2 aliphatic rings. The van der Waals surface area contributed by atoms with Gasteiger partial charge in [-0.3, -0.25) is 9.79 Å². The largest absolute Gasteiger partial charge is 0.371 e. The van der Waals surface area contributed by atoms with Gasteiger partial charge in [-0.1, -0.05) is 6.92 Å². The molecule has 2 saturated heterocycles. The lowest BCUT2D eigenvalue weighted by Crippen LogP contribution is -2.45. The van der Waals surface area contributed by atoms with Crippen LogP contribution in [0.4, 0.5) is 14.5 Å². The van der Waals surface area contributed by atoms with Gasteiger partial charge in [0.1, 0.15) is 0 Å². The molecule has 30 heavy (non-hydrogen) atoms.